The summed E-state index contributed by atoms with van der Waals surface area (Å²) in [7, 11) is 0. The molecule has 0 saturated heterocycles. The molecule has 3 heterocycles. The standard InChI is InChI=1S/C67H79BN2S/c1-60(2,3)39-22-24-42-57(32-39)71-56-21-19-20-51(58(42)56)70-53-37-48-46(66(15,16)38-67(48,17)18)35-50(53)68-49-34-45-47(65(13,14)29-28-64(45,11)12)36-52(49)69(54-30-40(61(4,5)6)31-55(70)59(54)68)41-23-25-43-44(33-41)63(9,10)27-26-62(43,7)8/h19-25,30-37H,26-29,38H2,1-18H3. The third-order valence-corrected chi connectivity index (χ3v) is 20.2. The Morgan fingerprint density at radius 1 is 0.423 bits per heavy atom. The first kappa shape index (κ1) is 47.2. The van der Waals surface area contributed by atoms with E-state index in [0.29, 0.717) is 0 Å². The molecule has 1 aromatic heterocycles. The monoisotopic (exact) mass is 955 g/mol. The maximum absolute atomic E-state index is 2.76. The fraction of sp³-hybridized carbons (Fsp3) is 0.463. The minimum absolute atomic E-state index is 0.0351. The summed E-state index contributed by atoms with van der Waals surface area (Å²) >= 11 is 1.96. The van der Waals surface area contributed by atoms with Crippen molar-refractivity contribution in [2.75, 3.05) is 9.80 Å². The Bertz CT molecular complexity index is 3450. The van der Waals surface area contributed by atoms with Crippen LogP contribution >= 0.6 is 11.3 Å². The highest BCUT2D eigenvalue weighted by Gasteiger charge is 2.50. The van der Waals surface area contributed by atoms with E-state index in [1.165, 1.54) is 141 Å². The van der Waals surface area contributed by atoms with E-state index in [0.717, 1.165) is 6.42 Å². The smallest absolute Gasteiger partial charge is 0.252 e. The van der Waals surface area contributed by atoms with Gasteiger partial charge in [0, 0.05) is 48.6 Å². The van der Waals surface area contributed by atoms with Gasteiger partial charge in [-0.05, 0) is 191 Å². The Morgan fingerprint density at radius 3 is 1.49 bits per heavy atom. The van der Waals surface area contributed by atoms with Crippen molar-refractivity contribution in [1.29, 1.82) is 0 Å². The van der Waals surface area contributed by atoms with Crippen LogP contribution in [0.2, 0.25) is 0 Å². The Balaban J connectivity index is 1.25. The van der Waals surface area contributed by atoms with Crippen LogP contribution in [0, 0.1) is 0 Å². The molecule has 3 aliphatic carbocycles. The molecule has 2 nitrogen and oxygen atoms in total. The van der Waals surface area contributed by atoms with Gasteiger partial charge in [0.1, 0.15) is 0 Å². The van der Waals surface area contributed by atoms with Crippen LogP contribution in [0.25, 0.3) is 20.2 Å². The molecule has 0 bridgehead atoms. The van der Waals surface area contributed by atoms with E-state index in [2.05, 4.69) is 225 Å². The van der Waals surface area contributed by atoms with Gasteiger partial charge in [-0.1, -0.05) is 161 Å². The van der Waals surface area contributed by atoms with Gasteiger partial charge in [0.25, 0.3) is 6.71 Å². The molecule has 2 aliphatic heterocycles. The van der Waals surface area contributed by atoms with E-state index in [1.807, 2.05) is 11.3 Å². The van der Waals surface area contributed by atoms with Crippen molar-refractivity contribution in [3.63, 3.8) is 0 Å². The quantitative estimate of drug-likeness (QED) is 0.159. The van der Waals surface area contributed by atoms with Crippen LogP contribution in [-0.4, -0.2) is 6.71 Å². The lowest BCUT2D eigenvalue weighted by Crippen LogP contribution is -2.62. The molecule has 6 aromatic carbocycles. The van der Waals surface area contributed by atoms with Gasteiger partial charge in [0.15, 0.2) is 0 Å². The van der Waals surface area contributed by atoms with Crippen molar-refractivity contribution in [1.82, 2.24) is 0 Å². The average Bonchev–Trinajstić information content (AvgIpc) is 3.74. The van der Waals surface area contributed by atoms with Gasteiger partial charge in [0.05, 0.1) is 5.69 Å². The molecule has 0 atom stereocenters. The van der Waals surface area contributed by atoms with E-state index in [1.54, 1.807) is 0 Å². The number of anilines is 6. The van der Waals surface area contributed by atoms with Crippen molar-refractivity contribution in [2.45, 2.75) is 200 Å². The van der Waals surface area contributed by atoms with E-state index >= 15 is 0 Å². The third kappa shape index (κ3) is 6.84. The number of nitrogens with zero attached hydrogens (tertiary/aromatic N) is 2. The highest BCUT2D eigenvalue weighted by molar-refractivity contribution is 7.26. The van der Waals surface area contributed by atoms with Crippen molar-refractivity contribution < 1.29 is 0 Å². The highest BCUT2D eigenvalue weighted by Crippen LogP contribution is 2.56. The van der Waals surface area contributed by atoms with Gasteiger partial charge in [-0.25, -0.2) is 0 Å². The first-order chi connectivity index (χ1) is 32.9. The van der Waals surface area contributed by atoms with E-state index in [4.69, 9.17) is 0 Å². The zero-order chi connectivity index (χ0) is 50.7. The Kier molecular flexibility index (Phi) is 9.64. The van der Waals surface area contributed by atoms with Gasteiger partial charge in [-0.3, -0.25) is 0 Å². The molecule has 5 aliphatic rings. The molecule has 0 radical (unpaired) electrons. The molecule has 0 N–H and O–H groups in total. The Labute approximate surface area is 431 Å². The molecule has 0 saturated carbocycles. The van der Waals surface area contributed by atoms with Gasteiger partial charge in [-0.2, -0.15) is 0 Å². The van der Waals surface area contributed by atoms with Gasteiger partial charge >= 0.3 is 0 Å². The first-order valence-corrected chi connectivity index (χ1v) is 28.0. The normalized spacial score (nSPS) is 20.6. The van der Waals surface area contributed by atoms with Crippen LogP contribution in [-0.2, 0) is 43.3 Å². The van der Waals surface area contributed by atoms with E-state index < -0.39 is 0 Å². The Hall–Kier alpha value is -4.80. The molecule has 7 aromatic rings. The number of benzene rings is 6. The molecule has 71 heavy (non-hydrogen) atoms. The van der Waals surface area contributed by atoms with Crippen LogP contribution in [0.5, 0.6) is 0 Å². The lowest BCUT2D eigenvalue weighted by atomic mass is 9.32. The van der Waals surface area contributed by atoms with Crippen LogP contribution in [0.3, 0.4) is 0 Å². The summed E-state index contributed by atoms with van der Waals surface area (Å²) < 4.78 is 2.71. The maximum Gasteiger partial charge on any atom is 0.252 e. The molecule has 0 fully saturated rings. The fourth-order valence-electron chi connectivity index (χ4n) is 14.7. The van der Waals surface area contributed by atoms with E-state index in [9.17, 15) is 0 Å². The molecule has 12 rings (SSSR count). The fourth-order valence-corrected chi connectivity index (χ4v) is 15.8. The SMILES string of the molecule is CC(C)(C)c1cc2c3c(c1)N(c1cccc4sc5cc(C(C)(C)C)ccc5c14)c1cc4c(cc1B3c1cc3c(cc1N2c1ccc2c(c1)C(C)(C)CCC2(C)C)C(C)(C)CCC3(C)C)C(C)(C)CC4(C)C. The number of rotatable bonds is 2. The predicted octanol–water partition coefficient (Wildman–Crippen LogP) is 17.4. The van der Waals surface area contributed by atoms with Crippen molar-refractivity contribution >= 4 is 88.7 Å². The molecular weight excluding hydrogens is 876 g/mol. The molecular formula is C67H79BN2S. The van der Waals surface area contributed by atoms with Crippen LogP contribution in [0.1, 0.15) is 201 Å². The van der Waals surface area contributed by atoms with Gasteiger partial charge in [0.2, 0.25) is 0 Å². The second kappa shape index (κ2) is 14.5. The molecule has 0 spiro atoms. The zero-order valence-corrected chi connectivity index (χ0v) is 47.4. The maximum atomic E-state index is 2.76. The lowest BCUT2D eigenvalue weighted by Gasteiger charge is -2.48. The van der Waals surface area contributed by atoms with Crippen LogP contribution in [0.4, 0.5) is 34.1 Å². The molecule has 4 heteroatoms. The number of thiophene rings is 1. The Morgan fingerprint density at radius 2 is 0.915 bits per heavy atom. The van der Waals surface area contributed by atoms with E-state index in [-0.39, 0.29) is 50.0 Å². The zero-order valence-electron chi connectivity index (χ0n) is 46.6. The third-order valence-electron chi connectivity index (χ3n) is 19.1. The molecule has 0 amide bonds. The predicted molar refractivity (Wildman–Crippen MR) is 312 cm³/mol. The summed E-state index contributed by atoms with van der Waals surface area (Å²) in [6.07, 6.45) is 5.88. The van der Waals surface area contributed by atoms with Gasteiger partial charge < -0.3 is 9.80 Å². The molecule has 366 valence electrons. The summed E-state index contributed by atoms with van der Waals surface area (Å²) in [5, 5.41) is 2.71. The topological polar surface area (TPSA) is 6.48 Å². The second-order valence-electron chi connectivity index (χ2n) is 29.1. The summed E-state index contributed by atoms with van der Waals surface area (Å²) in [5.74, 6) is 0. The van der Waals surface area contributed by atoms with Crippen molar-refractivity contribution in [3.8, 4) is 0 Å². The summed E-state index contributed by atoms with van der Waals surface area (Å²) in [4.78, 5) is 5.52. The number of hydrogen-bond donors (Lipinski definition) is 0. The summed E-state index contributed by atoms with van der Waals surface area (Å²) in [6.45, 7) is 44.3. The summed E-state index contributed by atoms with van der Waals surface area (Å²) in [5.41, 5.74) is 24.5. The van der Waals surface area contributed by atoms with Crippen molar-refractivity contribution in [3.05, 3.63) is 136 Å². The highest BCUT2D eigenvalue weighted by atomic mass is 32.1. The largest absolute Gasteiger partial charge is 0.311 e. The van der Waals surface area contributed by atoms with Gasteiger partial charge in [-0.15, -0.1) is 11.3 Å². The number of fused-ring (bicyclic) bond motifs is 10. The minimum atomic E-state index is -0.114. The molecule has 0 unspecified atom stereocenters. The first-order valence-electron chi connectivity index (χ1n) is 27.2. The van der Waals surface area contributed by atoms with Crippen molar-refractivity contribution in [2.24, 2.45) is 0 Å². The lowest BCUT2D eigenvalue weighted by molar-refractivity contribution is 0.332. The number of hydrogen-bond acceptors (Lipinski definition) is 3. The van der Waals surface area contributed by atoms with Crippen LogP contribution < -0.4 is 26.2 Å². The summed E-state index contributed by atoms with van der Waals surface area (Å²) in [6, 6.07) is 38.2. The minimum Gasteiger partial charge on any atom is -0.311 e. The average molecular weight is 955 g/mol. The second-order valence-corrected chi connectivity index (χ2v) is 30.2. The van der Waals surface area contributed by atoms with Crippen LogP contribution in [0.15, 0.2) is 91.0 Å².